The second-order valence-corrected chi connectivity index (χ2v) is 21.0. The Morgan fingerprint density at radius 1 is 0.917 bits per heavy atom. The van der Waals surface area contributed by atoms with Crippen LogP contribution in [0, 0.1) is 51.2 Å². The van der Waals surface area contributed by atoms with Crippen LogP contribution in [-0.4, -0.2) is 63.2 Å². The number of alkyl halides is 1. The molecule has 0 bridgehead atoms. The van der Waals surface area contributed by atoms with Gasteiger partial charge in [-0.1, -0.05) is 59.3 Å². The number of sulfone groups is 1. The summed E-state index contributed by atoms with van der Waals surface area (Å²) in [6, 6.07) is 0. The predicted octanol–water partition coefficient (Wildman–Crippen LogP) is 9.34. The third-order valence-electron chi connectivity index (χ3n) is 16.4. The minimum atomic E-state index is -2.82. The molecule has 1 aliphatic heterocycles. The van der Waals surface area contributed by atoms with E-state index in [1.54, 1.807) is 17.2 Å². The van der Waals surface area contributed by atoms with E-state index in [0.29, 0.717) is 46.8 Å². The number of halogens is 1. The molecule has 6 aliphatic carbocycles. The van der Waals surface area contributed by atoms with Crippen molar-refractivity contribution < 1.29 is 12.8 Å². The van der Waals surface area contributed by atoms with E-state index < -0.39 is 9.84 Å². The number of nitrogens with one attached hydrogen (secondary N) is 1. The van der Waals surface area contributed by atoms with Gasteiger partial charge in [0.25, 0.3) is 0 Å². The van der Waals surface area contributed by atoms with Gasteiger partial charge in [-0.05, 0) is 146 Å². The van der Waals surface area contributed by atoms with Gasteiger partial charge in [0.2, 0.25) is 0 Å². The van der Waals surface area contributed by atoms with Crippen molar-refractivity contribution in [3.8, 4) is 0 Å². The molecule has 4 saturated carbocycles. The molecule has 1 saturated heterocycles. The van der Waals surface area contributed by atoms with Crippen LogP contribution in [0.1, 0.15) is 125 Å². The molecular weight excluding hydrogens is 616 g/mol. The summed E-state index contributed by atoms with van der Waals surface area (Å²) in [4.78, 5) is 2.37. The van der Waals surface area contributed by atoms with Crippen LogP contribution in [0.3, 0.4) is 0 Å². The fraction of sp³-hybridized carbons (Fsp3) is 0.857. The molecule has 5 fully saturated rings. The van der Waals surface area contributed by atoms with Crippen LogP contribution in [0.4, 0.5) is 4.39 Å². The van der Waals surface area contributed by atoms with E-state index in [1.807, 2.05) is 6.92 Å². The van der Waals surface area contributed by atoms with Gasteiger partial charge < -0.3 is 10.2 Å². The molecule has 7 aliphatic rings. The van der Waals surface area contributed by atoms with Crippen LogP contribution in [0.25, 0.3) is 0 Å². The second-order valence-electron chi connectivity index (χ2n) is 18.7. The van der Waals surface area contributed by atoms with E-state index in [2.05, 4.69) is 63.6 Å². The summed E-state index contributed by atoms with van der Waals surface area (Å²) >= 11 is 0. The standard InChI is InChI=1S/C39H63FN2O2S.C3H6/c1-35(2)30(29-10-8-28(27-40)9-11-29)14-17-36(3)33(35)15-18-38(5)34(36)13-12-31-32-7-6-16-39(32,20-19-37(31,38)4)41-21-22-42-23-25-45(43,44)26-24-42;1-3-2/h10,14,28,31-34,41H,6-9,11-13,15-27H2,1-5H3;3H,1H2,2H3/t28?,31?,32?,33?,34?,36?,37-,38?,39?;/m1./s1. The molecule has 0 spiro atoms. The lowest BCUT2D eigenvalue weighted by Crippen LogP contribution is -2.67. The highest BCUT2D eigenvalue weighted by Gasteiger charge is 2.69. The summed E-state index contributed by atoms with van der Waals surface area (Å²) < 4.78 is 37.2. The van der Waals surface area contributed by atoms with Crippen molar-refractivity contribution in [2.45, 2.75) is 131 Å². The molecule has 1 N–H and O–H groups in total. The maximum atomic E-state index is 13.4. The van der Waals surface area contributed by atoms with E-state index in [1.165, 1.54) is 64.2 Å². The van der Waals surface area contributed by atoms with Gasteiger partial charge in [-0.3, -0.25) is 4.39 Å². The van der Waals surface area contributed by atoms with E-state index in [-0.39, 0.29) is 23.5 Å². The highest BCUT2D eigenvalue weighted by molar-refractivity contribution is 7.91. The summed E-state index contributed by atoms with van der Waals surface area (Å²) in [5.41, 5.74) is 4.73. The summed E-state index contributed by atoms with van der Waals surface area (Å²) in [6.45, 7) is 21.8. The molecule has 0 aromatic carbocycles. The van der Waals surface area contributed by atoms with Gasteiger partial charge in [0.15, 0.2) is 9.84 Å². The maximum absolute atomic E-state index is 13.4. The molecule has 48 heavy (non-hydrogen) atoms. The number of allylic oxidation sites excluding steroid dienone is 5. The van der Waals surface area contributed by atoms with E-state index >= 15 is 0 Å². The summed E-state index contributed by atoms with van der Waals surface area (Å²) in [7, 11) is -2.82. The first-order valence-corrected chi connectivity index (χ1v) is 21.7. The average molecular weight is 685 g/mol. The Morgan fingerprint density at radius 3 is 2.31 bits per heavy atom. The zero-order valence-corrected chi connectivity index (χ0v) is 32.3. The molecule has 6 heteroatoms. The molecule has 0 aromatic rings. The number of hydrogen-bond acceptors (Lipinski definition) is 4. The lowest BCUT2D eigenvalue weighted by molar-refractivity contribution is -0.218. The molecule has 0 amide bonds. The monoisotopic (exact) mass is 685 g/mol. The Kier molecular flexibility index (Phi) is 10.4. The molecule has 8 unspecified atom stereocenters. The molecular formula is C42H69FN2O2S. The van der Waals surface area contributed by atoms with Gasteiger partial charge in [-0.2, -0.15) is 0 Å². The zero-order valence-electron chi connectivity index (χ0n) is 31.5. The molecule has 0 aromatic heterocycles. The van der Waals surface area contributed by atoms with Crippen molar-refractivity contribution in [2.24, 2.45) is 51.2 Å². The minimum Gasteiger partial charge on any atom is -0.310 e. The minimum absolute atomic E-state index is 0.169. The second kappa shape index (κ2) is 13.5. The van der Waals surface area contributed by atoms with Crippen LogP contribution < -0.4 is 5.32 Å². The Bertz CT molecular complexity index is 1360. The number of nitrogens with zero attached hydrogens (tertiary/aromatic N) is 1. The van der Waals surface area contributed by atoms with E-state index in [9.17, 15) is 12.8 Å². The van der Waals surface area contributed by atoms with Gasteiger partial charge >= 0.3 is 0 Å². The Balaban J connectivity index is 0.00000129. The molecule has 9 atom stereocenters. The SMILES string of the molecule is C=CC.CC1(C)C(C2=CCC(CF)CC2)=CCC2(C)C1CCC1(C)C2CCC2C3CCCC3(NCCN3CCS(=O)(=O)CC3)CC[C@]21C. The normalized spacial score (nSPS) is 44.8. The van der Waals surface area contributed by atoms with Crippen LogP contribution >= 0.6 is 0 Å². The summed E-state index contributed by atoms with van der Waals surface area (Å²) in [5.74, 6) is 3.96. The van der Waals surface area contributed by atoms with Crippen LogP contribution in [0.15, 0.2) is 36.0 Å². The molecule has 272 valence electrons. The highest BCUT2D eigenvalue weighted by Crippen LogP contribution is 2.76. The van der Waals surface area contributed by atoms with Crippen molar-refractivity contribution in [3.05, 3.63) is 36.0 Å². The van der Waals surface area contributed by atoms with Crippen molar-refractivity contribution in [1.82, 2.24) is 10.2 Å². The van der Waals surface area contributed by atoms with Crippen LogP contribution in [0.5, 0.6) is 0 Å². The summed E-state index contributed by atoms with van der Waals surface area (Å²) in [6.07, 6.45) is 23.3. The first-order chi connectivity index (χ1) is 22.7. The quantitative estimate of drug-likeness (QED) is 0.284. The van der Waals surface area contributed by atoms with Gasteiger partial charge in [0.05, 0.1) is 18.2 Å². The zero-order chi connectivity index (χ0) is 34.6. The predicted molar refractivity (Wildman–Crippen MR) is 199 cm³/mol. The largest absolute Gasteiger partial charge is 0.310 e. The Labute approximate surface area is 294 Å². The fourth-order valence-electron chi connectivity index (χ4n) is 13.7. The number of rotatable bonds is 6. The molecule has 4 nitrogen and oxygen atoms in total. The number of hydrogen-bond donors (Lipinski definition) is 1. The molecule has 7 rings (SSSR count). The topological polar surface area (TPSA) is 49.4 Å². The van der Waals surface area contributed by atoms with Gasteiger partial charge in [-0.15, -0.1) is 6.58 Å². The first kappa shape index (κ1) is 36.8. The lowest BCUT2D eigenvalue weighted by atomic mass is 9.33. The highest BCUT2D eigenvalue weighted by atomic mass is 32.2. The average Bonchev–Trinajstić information content (AvgIpc) is 3.47. The Hall–Kier alpha value is -0.980. The van der Waals surface area contributed by atoms with Crippen molar-refractivity contribution >= 4 is 9.84 Å². The van der Waals surface area contributed by atoms with E-state index in [0.717, 1.165) is 50.1 Å². The maximum Gasteiger partial charge on any atom is 0.152 e. The Morgan fingerprint density at radius 2 is 1.65 bits per heavy atom. The van der Waals surface area contributed by atoms with Crippen LogP contribution in [-0.2, 0) is 9.84 Å². The lowest BCUT2D eigenvalue weighted by Gasteiger charge is -2.72. The number of fused-ring (bicyclic) bond motifs is 7. The van der Waals surface area contributed by atoms with Crippen molar-refractivity contribution in [3.63, 3.8) is 0 Å². The van der Waals surface area contributed by atoms with Crippen molar-refractivity contribution in [1.29, 1.82) is 0 Å². The molecule has 1 heterocycles. The fourth-order valence-corrected chi connectivity index (χ4v) is 15.0. The summed E-state index contributed by atoms with van der Waals surface area (Å²) in [5, 5.41) is 4.18. The smallest absolute Gasteiger partial charge is 0.152 e. The third kappa shape index (κ3) is 6.06. The van der Waals surface area contributed by atoms with Crippen LogP contribution in [0.2, 0.25) is 0 Å². The van der Waals surface area contributed by atoms with Gasteiger partial charge in [0.1, 0.15) is 0 Å². The first-order valence-electron chi connectivity index (χ1n) is 19.9. The van der Waals surface area contributed by atoms with E-state index in [4.69, 9.17) is 0 Å². The molecule has 0 radical (unpaired) electrons. The van der Waals surface area contributed by atoms with Gasteiger partial charge in [-0.25, -0.2) is 8.42 Å². The third-order valence-corrected chi connectivity index (χ3v) is 18.0. The van der Waals surface area contributed by atoms with Crippen molar-refractivity contribution in [2.75, 3.05) is 44.4 Å². The van der Waals surface area contributed by atoms with Gasteiger partial charge in [0, 0.05) is 31.7 Å².